The van der Waals surface area contributed by atoms with Crippen LogP contribution >= 0.6 is 0 Å². The fraction of sp³-hybridized carbons (Fsp3) is 0.250. The van der Waals surface area contributed by atoms with Gasteiger partial charge in [-0.25, -0.2) is 12.1 Å². The molecule has 2 rings (SSSR count). The van der Waals surface area contributed by atoms with Crippen molar-refractivity contribution in [2.75, 3.05) is 0 Å². The summed E-state index contributed by atoms with van der Waals surface area (Å²) >= 11 is 0. The van der Waals surface area contributed by atoms with E-state index in [0.29, 0.717) is 5.92 Å². The summed E-state index contributed by atoms with van der Waals surface area (Å²) in [6.45, 7) is 1.81. The smallest absolute Gasteiger partial charge is 0.0536 e. The first-order valence-corrected chi connectivity index (χ1v) is 4.57. The van der Waals surface area contributed by atoms with Gasteiger partial charge in [-0.1, -0.05) is 24.3 Å². The zero-order valence-corrected chi connectivity index (χ0v) is 9.10. The molecule has 0 bridgehead atoms. The number of hydrogen-bond acceptors (Lipinski definition) is 1. The maximum Gasteiger partial charge on any atom is 0.0536 e. The topological polar surface area (TPSA) is 20.2 Å². The second-order valence-corrected chi connectivity index (χ2v) is 3.41. The minimum Gasteiger partial charge on any atom is -0.391 e. The van der Waals surface area contributed by atoms with E-state index in [2.05, 4.69) is 18.2 Å². The quantitative estimate of drug-likeness (QED) is 0.610. The van der Waals surface area contributed by atoms with E-state index in [0.717, 1.165) is 5.56 Å². The molecule has 0 amide bonds. The maximum absolute atomic E-state index is 9.51. The summed E-state index contributed by atoms with van der Waals surface area (Å²) in [5, 5.41) is 9.51. The van der Waals surface area contributed by atoms with Crippen LogP contribution in [0.3, 0.4) is 0 Å². The Morgan fingerprint density at radius 2 is 2.00 bits per heavy atom. The van der Waals surface area contributed by atoms with Crippen LogP contribution in [0.25, 0.3) is 0 Å². The van der Waals surface area contributed by atoms with Crippen LogP contribution in [-0.2, 0) is 17.1 Å². The second kappa shape index (κ2) is 4.70. The molecule has 0 heterocycles. The third-order valence-corrected chi connectivity index (χ3v) is 2.44. The molecular weight excluding hydrogens is 216 g/mol. The van der Waals surface area contributed by atoms with E-state index >= 15 is 0 Å². The molecule has 0 saturated carbocycles. The summed E-state index contributed by atoms with van der Waals surface area (Å²) in [7, 11) is 0. The van der Waals surface area contributed by atoms with Crippen molar-refractivity contribution in [1.29, 1.82) is 0 Å². The van der Waals surface area contributed by atoms with Gasteiger partial charge in [0.2, 0.25) is 0 Å². The average Bonchev–Trinajstić information content (AvgIpc) is 2.74. The molecule has 14 heavy (non-hydrogen) atoms. The van der Waals surface area contributed by atoms with Gasteiger partial charge in [0.15, 0.2) is 0 Å². The van der Waals surface area contributed by atoms with Gasteiger partial charge < -0.3 is 5.11 Å². The molecule has 1 nitrogen and oxygen atoms in total. The van der Waals surface area contributed by atoms with E-state index in [-0.39, 0.29) is 23.2 Å². The molecule has 1 unspecified atom stereocenters. The van der Waals surface area contributed by atoms with Gasteiger partial charge in [0.1, 0.15) is 0 Å². The number of aliphatic hydroxyl groups is 1. The molecule has 1 aromatic rings. The predicted octanol–water partition coefficient (Wildman–Crippen LogP) is 2.67. The molecule has 0 saturated heterocycles. The fourth-order valence-corrected chi connectivity index (χ4v) is 1.77. The first-order valence-electron chi connectivity index (χ1n) is 4.57. The third-order valence-electron chi connectivity index (χ3n) is 2.44. The molecule has 2 heteroatoms. The van der Waals surface area contributed by atoms with Crippen molar-refractivity contribution in [3.63, 3.8) is 0 Å². The maximum atomic E-state index is 9.51. The Labute approximate surface area is 95.0 Å². The summed E-state index contributed by atoms with van der Waals surface area (Å²) in [6.07, 6.45) is 8.00. The minimum absolute atomic E-state index is 0. The summed E-state index contributed by atoms with van der Waals surface area (Å²) < 4.78 is 0. The molecule has 1 aliphatic carbocycles. The van der Waals surface area contributed by atoms with Gasteiger partial charge in [0.25, 0.3) is 0 Å². The van der Waals surface area contributed by atoms with Crippen LogP contribution in [0, 0.1) is 0 Å². The van der Waals surface area contributed by atoms with Crippen molar-refractivity contribution in [2.45, 2.75) is 18.9 Å². The van der Waals surface area contributed by atoms with Crippen LogP contribution in [0.1, 0.15) is 30.1 Å². The Kier molecular flexibility index (Phi) is 3.82. The average molecular weight is 229 g/mol. The van der Waals surface area contributed by atoms with E-state index in [1.54, 1.807) is 6.92 Å². The molecule has 1 atom stereocenters. The molecule has 0 spiro atoms. The molecule has 1 aromatic carbocycles. The standard InChI is InChI=1S/C12H13O.Fe/c1-9(13)11-7-4-8-12(11)10-5-2-3-6-10;/h2-10,13H,1H3;/q-1;. The molecule has 1 N–H and O–H groups in total. The summed E-state index contributed by atoms with van der Waals surface area (Å²) in [4.78, 5) is 0. The number of hydrogen-bond donors (Lipinski definition) is 1. The van der Waals surface area contributed by atoms with Crippen LogP contribution in [0.5, 0.6) is 0 Å². The molecule has 76 valence electrons. The van der Waals surface area contributed by atoms with Crippen molar-refractivity contribution < 1.29 is 22.2 Å². The molecule has 0 fully saturated rings. The van der Waals surface area contributed by atoms with Gasteiger partial charge in [-0.05, 0) is 12.8 Å². The van der Waals surface area contributed by atoms with Crippen LogP contribution in [0.4, 0.5) is 0 Å². The molecule has 1 aliphatic rings. The van der Waals surface area contributed by atoms with Crippen molar-refractivity contribution >= 4 is 0 Å². The van der Waals surface area contributed by atoms with Crippen molar-refractivity contribution in [3.05, 3.63) is 53.6 Å². The first-order chi connectivity index (χ1) is 6.29. The van der Waals surface area contributed by atoms with Crippen LogP contribution in [-0.4, -0.2) is 5.11 Å². The molecule has 0 aromatic heterocycles. The normalized spacial score (nSPS) is 17.0. The van der Waals surface area contributed by atoms with Gasteiger partial charge in [-0.15, -0.1) is 11.1 Å². The summed E-state index contributed by atoms with van der Waals surface area (Å²) in [6, 6.07) is 6.06. The van der Waals surface area contributed by atoms with E-state index in [4.69, 9.17) is 0 Å². The Balaban J connectivity index is 0.000000980. The van der Waals surface area contributed by atoms with Gasteiger partial charge >= 0.3 is 0 Å². The monoisotopic (exact) mass is 229 g/mol. The zero-order valence-electron chi connectivity index (χ0n) is 8.00. The van der Waals surface area contributed by atoms with Crippen molar-refractivity contribution in [3.8, 4) is 0 Å². The van der Waals surface area contributed by atoms with E-state index in [9.17, 15) is 5.11 Å². The number of rotatable bonds is 2. The van der Waals surface area contributed by atoms with Gasteiger partial charge in [-0.2, -0.15) is 6.07 Å². The zero-order chi connectivity index (χ0) is 9.26. The van der Waals surface area contributed by atoms with Crippen molar-refractivity contribution in [2.24, 2.45) is 0 Å². The van der Waals surface area contributed by atoms with Gasteiger partial charge in [-0.3, -0.25) is 0 Å². The Hall–Kier alpha value is -0.691. The van der Waals surface area contributed by atoms with Crippen LogP contribution in [0.2, 0.25) is 0 Å². The van der Waals surface area contributed by atoms with E-state index in [1.165, 1.54) is 5.56 Å². The SMILES string of the molecule is CC(O)c1ccc[c-]1C1C=CC=C1.[Fe]. The van der Waals surface area contributed by atoms with Crippen LogP contribution < -0.4 is 0 Å². The second-order valence-electron chi connectivity index (χ2n) is 3.41. The van der Waals surface area contributed by atoms with Gasteiger partial charge in [0.05, 0.1) is 6.10 Å². The first kappa shape index (κ1) is 11.4. The Bertz CT molecular complexity index is 335. The summed E-state index contributed by atoms with van der Waals surface area (Å²) in [5.41, 5.74) is 2.27. The number of allylic oxidation sites excluding steroid dienone is 4. The molecule has 0 radical (unpaired) electrons. The van der Waals surface area contributed by atoms with E-state index in [1.807, 2.05) is 24.3 Å². The van der Waals surface area contributed by atoms with E-state index < -0.39 is 0 Å². The third kappa shape index (κ3) is 2.03. The predicted molar refractivity (Wildman–Crippen MR) is 53.7 cm³/mol. The fourth-order valence-electron chi connectivity index (χ4n) is 1.77. The van der Waals surface area contributed by atoms with Gasteiger partial charge in [0, 0.05) is 17.1 Å². The molecule has 0 aliphatic heterocycles. The largest absolute Gasteiger partial charge is 0.391 e. The summed E-state index contributed by atoms with van der Waals surface area (Å²) in [5.74, 6) is 0.361. The Morgan fingerprint density at radius 1 is 1.36 bits per heavy atom. The number of aliphatic hydroxyl groups excluding tert-OH is 1. The minimum atomic E-state index is -0.368. The Morgan fingerprint density at radius 3 is 2.57 bits per heavy atom. The molecular formula is C12H13FeO-. The van der Waals surface area contributed by atoms with Crippen LogP contribution in [0.15, 0.2) is 42.5 Å². The van der Waals surface area contributed by atoms with Crippen molar-refractivity contribution in [1.82, 2.24) is 0 Å².